The summed E-state index contributed by atoms with van der Waals surface area (Å²) >= 11 is 0. The van der Waals surface area contributed by atoms with Gasteiger partial charge in [0, 0.05) is 0 Å². The van der Waals surface area contributed by atoms with Crippen molar-refractivity contribution in [3.05, 3.63) is 150 Å². The van der Waals surface area contributed by atoms with Crippen molar-refractivity contribution in [3.8, 4) is 22.3 Å². The zero-order chi connectivity index (χ0) is 26.3. The first-order valence-electron chi connectivity index (χ1n) is 13.6. The average molecular weight is 489 g/mol. The quantitative estimate of drug-likeness (QED) is 0.232. The van der Waals surface area contributed by atoms with E-state index >= 15 is 0 Å². The Balaban J connectivity index is 1.75. The molecule has 0 radical (unpaired) electrons. The maximum Gasteiger partial charge on any atom is -0.000745 e. The molecule has 0 atom stereocenters. The van der Waals surface area contributed by atoms with Crippen LogP contribution in [0.3, 0.4) is 0 Å². The monoisotopic (exact) mass is 488 g/mol. The summed E-state index contributed by atoms with van der Waals surface area (Å²) in [6.45, 7) is 13.5. The van der Waals surface area contributed by atoms with Crippen molar-refractivity contribution in [1.29, 1.82) is 0 Å². The molecule has 0 bridgehead atoms. The van der Waals surface area contributed by atoms with E-state index < -0.39 is 0 Å². The highest BCUT2D eigenvalue weighted by Gasteiger charge is 2.27. The minimum absolute atomic E-state index is 1.31. The number of benzene rings is 5. The van der Waals surface area contributed by atoms with Gasteiger partial charge in [-0.3, -0.25) is 0 Å². The standard InChI is InChI=1S/C38H32/c1-21-15-23(3)34(24(4)16-21)36-30-14-10-9-13-29(30)33-20-31-28-12-8-7-11-27(28)19-32(31)37(38(33)36)35-25(5)17-22(2)18-26(35)6/h7-20H,1-6H3. The topological polar surface area (TPSA) is 0 Å². The molecule has 0 aromatic heterocycles. The molecule has 5 aromatic rings. The van der Waals surface area contributed by atoms with Gasteiger partial charge in [-0.05, 0) is 141 Å². The van der Waals surface area contributed by atoms with Gasteiger partial charge >= 0.3 is 0 Å². The summed E-state index contributed by atoms with van der Waals surface area (Å²) in [4.78, 5) is 0. The number of rotatable bonds is 2. The number of hydrogen-bond donors (Lipinski definition) is 0. The molecule has 5 aromatic carbocycles. The number of fused-ring (bicyclic) bond motifs is 5. The molecular formula is C38H32. The van der Waals surface area contributed by atoms with Crippen LogP contribution in [0.5, 0.6) is 0 Å². The van der Waals surface area contributed by atoms with E-state index in [0.717, 1.165) is 0 Å². The Morgan fingerprint density at radius 2 is 0.974 bits per heavy atom. The molecule has 38 heavy (non-hydrogen) atoms. The molecule has 7 rings (SSSR count). The molecule has 0 amide bonds. The zero-order valence-corrected chi connectivity index (χ0v) is 23.1. The fourth-order valence-electron chi connectivity index (χ4n) is 7.31. The van der Waals surface area contributed by atoms with Crippen LogP contribution in [-0.2, 0) is 0 Å². The Morgan fingerprint density at radius 3 is 1.63 bits per heavy atom. The van der Waals surface area contributed by atoms with Crippen LogP contribution in [0, 0.1) is 52.0 Å². The lowest BCUT2D eigenvalue weighted by atomic mass is 9.82. The van der Waals surface area contributed by atoms with Crippen LogP contribution in [0.15, 0.2) is 78.9 Å². The second-order valence-electron chi connectivity index (χ2n) is 11.3. The second kappa shape index (κ2) is 8.17. The highest BCUT2D eigenvalue weighted by Crippen LogP contribution is 2.41. The Bertz CT molecular complexity index is 2020. The first-order valence-corrected chi connectivity index (χ1v) is 13.6. The Labute approximate surface area is 224 Å². The lowest BCUT2D eigenvalue weighted by Gasteiger charge is -2.21. The van der Waals surface area contributed by atoms with Gasteiger partial charge in [-0.25, -0.2) is 0 Å². The molecule has 0 N–H and O–H groups in total. The van der Waals surface area contributed by atoms with Crippen molar-refractivity contribution >= 4 is 11.6 Å². The predicted octanol–water partition coefficient (Wildman–Crippen LogP) is 7.86. The third kappa shape index (κ3) is 3.16. The first-order chi connectivity index (χ1) is 18.3. The molecule has 0 heterocycles. The highest BCUT2D eigenvalue weighted by molar-refractivity contribution is 5.98. The third-order valence-corrected chi connectivity index (χ3v) is 8.51. The van der Waals surface area contributed by atoms with E-state index in [1.807, 2.05) is 0 Å². The van der Waals surface area contributed by atoms with Crippen LogP contribution in [0.1, 0.15) is 50.1 Å². The summed E-state index contributed by atoms with van der Waals surface area (Å²) in [7, 11) is 0. The van der Waals surface area contributed by atoms with Crippen molar-refractivity contribution in [2.24, 2.45) is 0 Å². The van der Waals surface area contributed by atoms with Crippen molar-refractivity contribution in [2.45, 2.75) is 41.5 Å². The maximum atomic E-state index is 2.47. The lowest BCUT2D eigenvalue weighted by Crippen LogP contribution is -2.14. The SMILES string of the molecule is Cc1cc(C)c(C2=c3ccccc3=c3cc4c(c(-c5c(C)cc(C)cc5C)c32)=Cc2ccccc2-4)c(C)c1. The number of aryl methyl sites for hydroxylation is 6. The van der Waals surface area contributed by atoms with Crippen molar-refractivity contribution in [2.75, 3.05) is 0 Å². The van der Waals surface area contributed by atoms with Crippen LogP contribution in [0.2, 0.25) is 0 Å². The van der Waals surface area contributed by atoms with E-state index in [-0.39, 0.29) is 0 Å². The summed E-state index contributed by atoms with van der Waals surface area (Å²) < 4.78 is 0. The molecule has 184 valence electrons. The molecule has 2 aliphatic rings. The van der Waals surface area contributed by atoms with Crippen LogP contribution >= 0.6 is 0 Å². The maximum absolute atomic E-state index is 2.47. The van der Waals surface area contributed by atoms with E-state index in [1.54, 1.807) is 0 Å². The minimum atomic E-state index is 1.31. The lowest BCUT2D eigenvalue weighted by molar-refractivity contribution is 1.28. The molecule has 0 saturated carbocycles. The molecule has 0 nitrogen and oxygen atoms in total. The molecule has 2 aliphatic carbocycles. The van der Waals surface area contributed by atoms with Crippen molar-refractivity contribution < 1.29 is 0 Å². The summed E-state index contributed by atoms with van der Waals surface area (Å²) in [5, 5.41) is 5.40. The van der Waals surface area contributed by atoms with E-state index in [9.17, 15) is 0 Å². The van der Waals surface area contributed by atoms with Gasteiger partial charge < -0.3 is 0 Å². The van der Waals surface area contributed by atoms with Gasteiger partial charge in [0.05, 0.1) is 0 Å². The molecule has 0 saturated heterocycles. The second-order valence-corrected chi connectivity index (χ2v) is 11.3. The van der Waals surface area contributed by atoms with Crippen molar-refractivity contribution in [3.63, 3.8) is 0 Å². The largest absolute Gasteiger partial charge is 0.0616 e. The van der Waals surface area contributed by atoms with Gasteiger partial charge in [-0.15, -0.1) is 0 Å². The molecule has 0 unspecified atom stereocenters. The highest BCUT2D eigenvalue weighted by atomic mass is 14.3. The fourth-order valence-corrected chi connectivity index (χ4v) is 7.31. The summed E-state index contributed by atoms with van der Waals surface area (Å²) in [5.41, 5.74) is 18.9. The summed E-state index contributed by atoms with van der Waals surface area (Å²) in [5.74, 6) is 0. The average Bonchev–Trinajstić information content (AvgIpc) is 3.39. The van der Waals surface area contributed by atoms with E-state index in [1.165, 1.54) is 98.8 Å². The third-order valence-electron chi connectivity index (χ3n) is 8.51. The molecule has 0 fully saturated rings. The number of hydrogen-bond acceptors (Lipinski definition) is 0. The summed E-state index contributed by atoms with van der Waals surface area (Å²) in [6.07, 6.45) is 2.43. The molecule has 0 aliphatic heterocycles. The van der Waals surface area contributed by atoms with Crippen LogP contribution < -0.4 is 10.4 Å². The normalized spacial score (nSPS) is 12.6. The van der Waals surface area contributed by atoms with Gasteiger partial charge in [0.2, 0.25) is 0 Å². The van der Waals surface area contributed by atoms with Crippen molar-refractivity contribution in [1.82, 2.24) is 0 Å². The van der Waals surface area contributed by atoms with Gasteiger partial charge in [0.15, 0.2) is 0 Å². The minimum Gasteiger partial charge on any atom is -0.0616 e. The Morgan fingerprint density at radius 1 is 0.421 bits per heavy atom. The van der Waals surface area contributed by atoms with Gasteiger partial charge in [-0.1, -0.05) is 83.9 Å². The van der Waals surface area contributed by atoms with Crippen LogP contribution in [0.25, 0.3) is 33.9 Å². The predicted molar refractivity (Wildman–Crippen MR) is 161 cm³/mol. The van der Waals surface area contributed by atoms with Gasteiger partial charge in [-0.2, -0.15) is 0 Å². The summed E-state index contributed by atoms with van der Waals surface area (Å²) in [6, 6.07) is 29.7. The smallest absolute Gasteiger partial charge is 0.000745 e. The zero-order valence-electron chi connectivity index (χ0n) is 23.1. The van der Waals surface area contributed by atoms with E-state index in [2.05, 4.69) is 126 Å². The molecule has 0 spiro atoms. The molecular weight excluding hydrogens is 456 g/mol. The Kier molecular flexibility index (Phi) is 4.94. The van der Waals surface area contributed by atoms with Gasteiger partial charge in [0.25, 0.3) is 0 Å². The Hall–Kier alpha value is -4.16. The van der Waals surface area contributed by atoms with E-state index in [0.29, 0.717) is 0 Å². The van der Waals surface area contributed by atoms with Gasteiger partial charge in [0.1, 0.15) is 0 Å². The first kappa shape index (κ1) is 23.0. The van der Waals surface area contributed by atoms with Crippen LogP contribution in [-0.4, -0.2) is 0 Å². The fraction of sp³-hybridized carbons (Fsp3) is 0.158. The van der Waals surface area contributed by atoms with Crippen LogP contribution in [0.4, 0.5) is 0 Å². The molecule has 0 heteroatoms. The van der Waals surface area contributed by atoms with E-state index in [4.69, 9.17) is 0 Å².